The first kappa shape index (κ1) is 13.5. The van der Waals surface area contributed by atoms with Crippen LogP contribution < -0.4 is 10.3 Å². The van der Waals surface area contributed by atoms with Crippen molar-refractivity contribution < 1.29 is 4.74 Å². The molecular formula is C16H12N2O2. The first-order valence-corrected chi connectivity index (χ1v) is 5.93. The van der Waals surface area contributed by atoms with Gasteiger partial charge in [0.15, 0.2) is 0 Å². The Labute approximate surface area is 116 Å². The summed E-state index contributed by atoms with van der Waals surface area (Å²) in [6, 6.07) is 12.4. The molecule has 0 amide bonds. The van der Waals surface area contributed by atoms with Gasteiger partial charge in [0, 0.05) is 5.56 Å². The van der Waals surface area contributed by atoms with Crippen molar-refractivity contribution in [3.8, 4) is 35.4 Å². The summed E-state index contributed by atoms with van der Waals surface area (Å²) in [6.45, 7) is 0.0989. The Morgan fingerprint density at radius 2 is 2.05 bits per heavy atom. The first-order valence-electron chi connectivity index (χ1n) is 5.93. The third-order valence-corrected chi connectivity index (χ3v) is 2.93. The highest BCUT2D eigenvalue weighted by molar-refractivity contribution is 5.68. The van der Waals surface area contributed by atoms with E-state index in [1.165, 1.54) is 10.6 Å². The molecule has 0 N–H and O–H groups in total. The summed E-state index contributed by atoms with van der Waals surface area (Å²) in [6.07, 6.45) is 5.31. The number of para-hydroxylation sites is 1. The van der Waals surface area contributed by atoms with E-state index in [0.29, 0.717) is 11.4 Å². The van der Waals surface area contributed by atoms with E-state index in [0.717, 1.165) is 5.56 Å². The van der Waals surface area contributed by atoms with Gasteiger partial charge in [0.2, 0.25) is 0 Å². The van der Waals surface area contributed by atoms with E-state index in [4.69, 9.17) is 16.4 Å². The molecule has 0 saturated heterocycles. The van der Waals surface area contributed by atoms with E-state index < -0.39 is 5.56 Å². The minimum absolute atomic E-state index is 0.0684. The lowest BCUT2D eigenvalue weighted by Crippen LogP contribution is -2.23. The van der Waals surface area contributed by atoms with Crippen LogP contribution in [-0.4, -0.2) is 11.7 Å². The summed E-state index contributed by atoms with van der Waals surface area (Å²) < 4.78 is 6.70. The molecule has 0 unspecified atom stereocenters. The van der Waals surface area contributed by atoms with Crippen molar-refractivity contribution in [1.82, 2.24) is 4.57 Å². The lowest BCUT2D eigenvalue weighted by Gasteiger charge is -2.13. The van der Waals surface area contributed by atoms with Gasteiger partial charge in [-0.05, 0) is 24.3 Å². The Morgan fingerprint density at radius 1 is 1.30 bits per heavy atom. The van der Waals surface area contributed by atoms with Crippen molar-refractivity contribution >= 4 is 0 Å². The van der Waals surface area contributed by atoms with E-state index in [9.17, 15) is 4.79 Å². The molecule has 1 aromatic heterocycles. The van der Waals surface area contributed by atoms with E-state index in [1.54, 1.807) is 19.2 Å². The number of terminal acetylenes is 1. The number of methoxy groups -OCH3 is 1. The number of aromatic nitrogens is 1. The number of nitrogens with zero attached hydrogens (tertiary/aromatic N) is 2. The van der Waals surface area contributed by atoms with Crippen molar-refractivity contribution in [2.45, 2.75) is 6.54 Å². The van der Waals surface area contributed by atoms with Crippen LogP contribution in [0.1, 0.15) is 5.56 Å². The average Bonchev–Trinajstić information content (AvgIpc) is 2.49. The van der Waals surface area contributed by atoms with Crippen LogP contribution in [-0.2, 0) is 6.54 Å². The van der Waals surface area contributed by atoms with Gasteiger partial charge in [-0.3, -0.25) is 9.36 Å². The number of ether oxygens (including phenoxy) is 1. The third-order valence-electron chi connectivity index (χ3n) is 2.93. The molecule has 98 valence electrons. The average molecular weight is 264 g/mol. The summed E-state index contributed by atoms with van der Waals surface area (Å²) in [4.78, 5) is 12.2. The third kappa shape index (κ3) is 2.28. The lowest BCUT2D eigenvalue weighted by molar-refractivity contribution is 0.416. The molecule has 0 fully saturated rings. The summed E-state index contributed by atoms with van der Waals surface area (Å²) in [5.74, 6) is 3.08. The Balaban J connectivity index is 2.76. The predicted octanol–water partition coefficient (Wildman–Crippen LogP) is 2.03. The summed E-state index contributed by atoms with van der Waals surface area (Å²) in [5, 5.41) is 8.93. The number of pyridine rings is 1. The fraction of sp³-hybridized carbons (Fsp3) is 0.125. The molecule has 0 aliphatic rings. The van der Waals surface area contributed by atoms with Crippen molar-refractivity contribution in [2.75, 3.05) is 7.11 Å². The fourth-order valence-corrected chi connectivity index (χ4v) is 2.00. The fourth-order valence-electron chi connectivity index (χ4n) is 2.00. The van der Waals surface area contributed by atoms with Gasteiger partial charge in [-0.25, -0.2) is 0 Å². The van der Waals surface area contributed by atoms with E-state index in [-0.39, 0.29) is 12.1 Å². The Hall–Kier alpha value is -2.98. The van der Waals surface area contributed by atoms with E-state index >= 15 is 0 Å². The monoisotopic (exact) mass is 264 g/mol. The van der Waals surface area contributed by atoms with Crippen molar-refractivity contribution in [2.24, 2.45) is 0 Å². The van der Waals surface area contributed by atoms with Gasteiger partial charge < -0.3 is 4.74 Å². The molecule has 0 saturated carbocycles. The second-order valence-corrected chi connectivity index (χ2v) is 4.04. The quantitative estimate of drug-likeness (QED) is 0.797. The second-order valence-electron chi connectivity index (χ2n) is 4.04. The van der Waals surface area contributed by atoms with Crippen LogP contribution in [0.5, 0.6) is 5.75 Å². The maximum Gasteiger partial charge on any atom is 0.269 e. The van der Waals surface area contributed by atoms with Crippen LogP contribution in [0.3, 0.4) is 0 Å². The zero-order valence-corrected chi connectivity index (χ0v) is 11.0. The summed E-state index contributed by atoms with van der Waals surface area (Å²) in [5.41, 5.74) is 1.06. The van der Waals surface area contributed by atoms with Crippen LogP contribution in [0.15, 0.2) is 41.2 Å². The number of nitriles is 1. The minimum atomic E-state index is -0.395. The molecule has 0 spiro atoms. The standard InChI is InChI=1S/C16H12N2O2/c1-3-10-18-14(9-8-12(11-17)16(18)19)13-6-4-5-7-15(13)20-2/h1,4-9H,10H2,2H3. The molecule has 0 bridgehead atoms. The van der Waals surface area contributed by atoms with Crippen molar-refractivity contribution in [3.05, 3.63) is 52.3 Å². The molecule has 0 aliphatic heterocycles. The number of benzene rings is 1. The molecule has 2 aromatic rings. The highest BCUT2D eigenvalue weighted by atomic mass is 16.5. The normalized spacial score (nSPS) is 9.55. The molecule has 0 atom stereocenters. The van der Waals surface area contributed by atoms with Gasteiger partial charge in [0.25, 0.3) is 5.56 Å². The molecular weight excluding hydrogens is 252 g/mol. The number of rotatable bonds is 3. The molecule has 20 heavy (non-hydrogen) atoms. The molecule has 4 nitrogen and oxygen atoms in total. The first-order chi connectivity index (χ1) is 9.72. The summed E-state index contributed by atoms with van der Waals surface area (Å²) >= 11 is 0. The summed E-state index contributed by atoms with van der Waals surface area (Å²) in [7, 11) is 1.56. The van der Waals surface area contributed by atoms with E-state index in [2.05, 4.69) is 5.92 Å². The van der Waals surface area contributed by atoms with Gasteiger partial charge in [-0.2, -0.15) is 5.26 Å². The van der Waals surface area contributed by atoms with Crippen molar-refractivity contribution in [3.63, 3.8) is 0 Å². The van der Waals surface area contributed by atoms with Gasteiger partial charge in [0.05, 0.1) is 19.3 Å². The maximum absolute atomic E-state index is 12.2. The van der Waals surface area contributed by atoms with Gasteiger partial charge in [-0.1, -0.05) is 18.1 Å². The Bertz CT molecular complexity index is 776. The lowest BCUT2D eigenvalue weighted by atomic mass is 10.1. The molecule has 4 heteroatoms. The smallest absolute Gasteiger partial charge is 0.269 e. The van der Waals surface area contributed by atoms with Gasteiger partial charge in [-0.15, -0.1) is 6.42 Å². The predicted molar refractivity (Wildman–Crippen MR) is 76.2 cm³/mol. The van der Waals surface area contributed by atoms with Crippen LogP contribution in [0.2, 0.25) is 0 Å². The Kier molecular flexibility index (Phi) is 3.88. The zero-order valence-electron chi connectivity index (χ0n) is 11.0. The van der Waals surface area contributed by atoms with Gasteiger partial charge >= 0.3 is 0 Å². The van der Waals surface area contributed by atoms with Crippen LogP contribution in [0.4, 0.5) is 0 Å². The maximum atomic E-state index is 12.2. The van der Waals surface area contributed by atoms with Crippen LogP contribution in [0, 0.1) is 23.7 Å². The van der Waals surface area contributed by atoms with E-state index in [1.807, 2.05) is 24.3 Å². The largest absolute Gasteiger partial charge is 0.496 e. The highest BCUT2D eigenvalue weighted by Gasteiger charge is 2.12. The van der Waals surface area contributed by atoms with Gasteiger partial charge in [0.1, 0.15) is 17.4 Å². The van der Waals surface area contributed by atoms with Crippen LogP contribution >= 0.6 is 0 Å². The second kappa shape index (κ2) is 5.77. The minimum Gasteiger partial charge on any atom is -0.496 e. The molecule has 1 heterocycles. The topological polar surface area (TPSA) is 55.0 Å². The molecule has 0 radical (unpaired) electrons. The number of hydrogen-bond donors (Lipinski definition) is 0. The van der Waals surface area contributed by atoms with Crippen molar-refractivity contribution in [1.29, 1.82) is 5.26 Å². The number of hydrogen-bond acceptors (Lipinski definition) is 3. The molecule has 0 aliphatic carbocycles. The Morgan fingerprint density at radius 3 is 2.70 bits per heavy atom. The SMILES string of the molecule is C#CCn1c(-c2ccccc2OC)ccc(C#N)c1=O. The molecule has 1 aromatic carbocycles. The van der Waals surface area contributed by atoms with Crippen LogP contribution in [0.25, 0.3) is 11.3 Å². The molecule has 2 rings (SSSR count). The highest BCUT2D eigenvalue weighted by Crippen LogP contribution is 2.28. The zero-order chi connectivity index (χ0) is 14.5.